The first-order chi connectivity index (χ1) is 14.7. The third kappa shape index (κ3) is 3.40. The van der Waals surface area contributed by atoms with Gasteiger partial charge in [0.05, 0.1) is 24.1 Å². The zero-order chi connectivity index (χ0) is 20.5. The van der Waals surface area contributed by atoms with E-state index in [-0.39, 0.29) is 17.6 Å². The first-order valence-corrected chi connectivity index (χ1v) is 9.83. The van der Waals surface area contributed by atoms with Gasteiger partial charge >= 0.3 is 0 Å². The molecule has 0 bridgehead atoms. The number of carbonyl (C=O) groups is 1. The molecular formula is C20H20N6O4. The van der Waals surface area contributed by atoms with Crippen LogP contribution in [0.2, 0.25) is 0 Å². The Morgan fingerprint density at radius 1 is 1.17 bits per heavy atom. The summed E-state index contributed by atoms with van der Waals surface area (Å²) >= 11 is 0. The van der Waals surface area contributed by atoms with Gasteiger partial charge in [0, 0.05) is 25.9 Å². The van der Waals surface area contributed by atoms with E-state index in [1.54, 1.807) is 46.4 Å². The van der Waals surface area contributed by atoms with Crippen LogP contribution >= 0.6 is 0 Å². The third-order valence-corrected chi connectivity index (χ3v) is 5.20. The molecule has 10 heteroatoms. The fourth-order valence-electron chi connectivity index (χ4n) is 3.70. The lowest BCUT2D eigenvalue weighted by Crippen LogP contribution is -2.35. The summed E-state index contributed by atoms with van der Waals surface area (Å²) in [7, 11) is 1.82. The van der Waals surface area contributed by atoms with Crippen LogP contribution in [0.25, 0.3) is 23.0 Å². The molecule has 0 radical (unpaired) electrons. The van der Waals surface area contributed by atoms with Gasteiger partial charge in [0.15, 0.2) is 17.3 Å². The van der Waals surface area contributed by atoms with Crippen molar-refractivity contribution in [2.75, 3.05) is 6.54 Å². The molecular weight excluding hydrogens is 388 g/mol. The van der Waals surface area contributed by atoms with Crippen molar-refractivity contribution in [3.63, 3.8) is 0 Å². The maximum absolute atomic E-state index is 13.3. The molecule has 1 aliphatic rings. The summed E-state index contributed by atoms with van der Waals surface area (Å²) in [6.45, 7) is 0.587. The van der Waals surface area contributed by atoms with Crippen molar-refractivity contribution in [2.24, 2.45) is 7.05 Å². The topological polar surface area (TPSA) is 116 Å². The van der Waals surface area contributed by atoms with Crippen LogP contribution in [0.5, 0.6) is 0 Å². The first kappa shape index (κ1) is 18.3. The molecule has 0 aromatic carbocycles. The van der Waals surface area contributed by atoms with Crippen LogP contribution in [0, 0.1) is 0 Å². The normalized spacial score (nSPS) is 17.2. The number of rotatable bonds is 4. The van der Waals surface area contributed by atoms with Gasteiger partial charge in [0.25, 0.3) is 11.8 Å². The number of hydrogen-bond donors (Lipinski definition) is 0. The van der Waals surface area contributed by atoms with Crippen LogP contribution in [0.4, 0.5) is 0 Å². The number of aryl methyl sites for hydroxylation is 1. The van der Waals surface area contributed by atoms with Crippen LogP contribution < -0.4 is 0 Å². The number of aromatic nitrogens is 5. The molecule has 1 aliphatic heterocycles. The predicted octanol–water partition coefficient (Wildman–Crippen LogP) is 3.48. The highest BCUT2D eigenvalue weighted by Gasteiger charge is 2.33. The molecule has 5 heterocycles. The summed E-state index contributed by atoms with van der Waals surface area (Å²) in [5.41, 5.74) is 0.964. The summed E-state index contributed by atoms with van der Waals surface area (Å²) in [4.78, 5) is 19.6. The van der Waals surface area contributed by atoms with Gasteiger partial charge in [0.2, 0.25) is 5.76 Å². The summed E-state index contributed by atoms with van der Waals surface area (Å²) < 4.78 is 17.7. The minimum absolute atomic E-state index is 0.226. The Morgan fingerprint density at radius 2 is 2.10 bits per heavy atom. The number of likely N-dealkylation sites (tertiary alicyclic amines) is 1. The van der Waals surface area contributed by atoms with Crippen molar-refractivity contribution in [2.45, 2.75) is 31.7 Å². The standard InChI is InChI=1S/C20H20N6O4/c1-25-12-13(11-21-25)19-22-18(24-30-19)15-6-3-2-4-8-26(15)20(27)14-10-17(29-23-14)16-7-5-9-28-16/h5,7,9-12,15H,2-4,6,8H2,1H3/t15-/m1/s1. The molecule has 1 saturated heterocycles. The minimum Gasteiger partial charge on any atom is -0.461 e. The van der Waals surface area contributed by atoms with Crippen molar-refractivity contribution in [3.8, 4) is 23.0 Å². The lowest BCUT2D eigenvalue weighted by Gasteiger charge is -2.26. The highest BCUT2D eigenvalue weighted by molar-refractivity contribution is 5.93. The Labute approximate surface area is 171 Å². The van der Waals surface area contributed by atoms with Gasteiger partial charge in [0.1, 0.15) is 0 Å². The van der Waals surface area contributed by atoms with Crippen molar-refractivity contribution in [1.82, 2.24) is 30.0 Å². The van der Waals surface area contributed by atoms with Gasteiger partial charge in [-0.3, -0.25) is 9.48 Å². The summed E-state index contributed by atoms with van der Waals surface area (Å²) in [6.07, 6.45) is 8.67. The Bertz CT molecular complexity index is 1140. The molecule has 0 unspecified atom stereocenters. The fraction of sp³-hybridized carbons (Fsp3) is 0.350. The fourth-order valence-corrected chi connectivity index (χ4v) is 3.70. The Hall–Kier alpha value is -3.69. The molecule has 4 aromatic rings. The zero-order valence-corrected chi connectivity index (χ0v) is 16.4. The Morgan fingerprint density at radius 3 is 2.90 bits per heavy atom. The second-order valence-electron chi connectivity index (χ2n) is 7.28. The van der Waals surface area contributed by atoms with Gasteiger partial charge in [-0.05, 0) is 25.0 Å². The van der Waals surface area contributed by atoms with Gasteiger partial charge in [-0.1, -0.05) is 23.2 Å². The molecule has 1 amide bonds. The van der Waals surface area contributed by atoms with E-state index in [0.29, 0.717) is 29.8 Å². The number of furan rings is 1. The largest absolute Gasteiger partial charge is 0.461 e. The molecule has 0 aliphatic carbocycles. The monoisotopic (exact) mass is 408 g/mol. The van der Waals surface area contributed by atoms with Crippen LogP contribution in [0.3, 0.4) is 0 Å². The van der Waals surface area contributed by atoms with E-state index in [9.17, 15) is 4.79 Å². The van der Waals surface area contributed by atoms with Crippen molar-refractivity contribution in [1.29, 1.82) is 0 Å². The summed E-state index contributed by atoms with van der Waals surface area (Å²) in [5, 5.41) is 12.3. The van der Waals surface area contributed by atoms with Gasteiger partial charge < -0.3 is 18.4 Å². The highest BCUT2D eigenvalue weighted by atomic mass is 16.5. The van der Waals surface area contributed by atoms with E-state index >= 15 is 0 Å². The molecule has 0 spiro atoms. The molecule has 5 rings (SSSR count). The molecule has 10 nitrogen and oxygen atoms in total. The molecule has 30 heavy (non-hydrogen) atoms. The van der Waals surface area contributed by atoms with Crippen LogP contribution in [-0.2, 0) is 7.05 Å². The van der Waals surface area contributed by atoms with Crippen molar-refractivity contribution in [3.05, 3.63) is 48.4 Å². The van der Waals surface area contributed by atoms with Gasteiger partial charge in [-0.2, -0.15) is 10.1 Å². The van der Waals surface area contributed by atoms with E-state index in [4.69, 9.17) is 13.5 Å². The maximum atomic E-state index is 13.3. The van der Waals surface area contributed by atoms with E-state index in [1.165, 1.54) is 0 Å². The molecule has 1 fully saturated rings. The quantitative estimate of drug-likeness (QED) is 0.504. The van der Waals surface area contributed by atoms with Gasteiger partial charge in [-0.15, -0.1) is 0 Å². The lowest BCUT2D eigenvalue weighted by atomic mass is 10.1. The third-order valence-electron chi connectivity index (χ3n) is 5.20. The molecule has 0 N–H and O–H groups in total. The molecule has 154 valence electrons. The van der Waals surface area contributed by atoms with Crippen molar-refractivity contribution < 1.29 is 18.3 Å². The number of carbonyl (C=O) groups excluding carboxylic acids is 1. The highest BCUT2D eigenvalue weighted by Crippen LogP contribution is 2.31. The first-order valence-electron chi connectivity index (χ1n) is 9.83. The number of nitrogens with zero attached hydrogens (tertiary/aromatic N) is 6. The van der Waals surface area contributed by atoms with Crippen molar-refractivity contribution >= 4 is 5.91 Å². The molecule has 4 aromatic heterocycles. The summed E-state index contributed by atoms with van der Waals surface area (Å²) in [5.74, 6) is 1.58. The Kier molecular flexibility index (Phi) is 4.66. The lowest BCUT2D eigenvalue weighted by molar-refractivity contribution is 0.0659. The zero-order valence-electron chi connectivity index (χ0n) is 16.4. The van der Waals surface area contributed by atoms with E-state index in [0.717, 1.165) is 31.2 Å². The Balaban J connectivity index is 1.42. The SMILES string of the molecule is Cn1cc(-c2nc([C@H]3CCCCCN3C(=O)c3cc(-c4ccco4)on3)no2)cn1. The number of hydrogen-bond acceptors (Lipinski definition) is 8. The van der Waals surface area contributed by atoms with Crippen LogP contribution in [0.1, 0.15) is 48.0 Å². The minimum atomic E-state index is -0.294. The second kappa shape index (κ2) is 7.62. The maximum Gasteiger partial charge on any atom is 0.276 e. The molecule has 1 atom stereocenters. The predicted molar refractivity (Wildman–Crippen MR) is 103 cm³/mol. The second-order valence-corrected chi connectivity index (χ2v) is 7.28. The van der Waals surface area contributed by atoms with E-state index < -0.39 is 0 Å². The van der Waals surface area contributed by atoms with Crippen LogP contribution in [-0.4, -0.2) is 42.4 Å². The summed E-state index contributed by atoms with van der Waals surface area (Å²) in [6, 6.07) is 4.81. The van der Waals surface area contributed by atoms with E-state index in [1.807, 2.05) is 7.05 Å². The average Bonchev–Trinajstić information content (AvgIpc) is 3.52. The van der Waals surface area contributed by atoms with Crippen LogP contribution in [0.15, 0.2) is 50.3 Å². The van der Waals surface area contributed by atoms with E-state index in [2.05, 4.69) is 20.4 Å². The molecule has 0 saturated carbocycles. The smallest absolute Gasteiger partial charge is 0.276 e. The number of amides is 1. The average molecular weight is 408 g/mol. The van der Waals surface area contributed by atoms with Gasteiger partial charge in [-0.25, -0.2) is 0 Å².